The van der Waals surface area contributed by atoms with Crippen LogP contribution in [-0.4, -0.2) is 13.1 Å². The second kappa shape index (κ2) is 5.43. The Bertz CT molecular complexity index is 492. The molecule has 1 saturated carbocycles. The topological polar surface area (TPSA) is 27.0 Å². The van der Waals surface area contributed by atoms with Crippen LogP contribution in [0.2, 0.25) is 5.02 Å². The third kappa shape index (κ3) is 3.22. The molecule has 0 spiro atoms. The van der Waals surface area contributed by atoms with Crippen molar-refractivity contribution < 1.29 is 0 Å². The Morgan fingerprint density at radius 2 is 1.95 bits per heavy atom. The maximum atomic E-state index is 8.91. The molecule has 1 aromatic rings. The Hall–Kier alpha value is -1.20. The van der Waals surface area contributed by atoms with Gasteiger partial charge in [0.1, 0.15) is 6.07 Å². The van der Waals surface area contributed by atoms with Crippen LogP contribution in [0.5, 0.6) is 0 Å². The first-order valence-corrected chi connectivity index (χ1v) is 7.23. The lowest BCUT2D eigenvalue weighted by Gasteiger charge is -2.39. The van der Waals surface area contributed by atoms with Gasteiger partial charge in [0, 0.05) is 18.8 Å². The SMILES string of the molecule is CN(c1ccc(C#N)c(Cl)c1)C1CCC(C)(C)CC1. The molecule has 0 heterocycles. The van der Waals surface area contributed by atoms with Gasteiger partial charge in [-0.05, 0) is 49.3 Å². The molecule has 102 valence electrons. The number of rotatable bonds is 2. The van der Waals surface area contributed by atoms with E-state index in [0.29, 0.717) is 22.0 Å². The van der Waals surface area contributed by atoms with Crippen LogP contribution in [0.25, 0.3) is 0 Å². The molecule has 0 bridgehead atoms. The molecule has 2 nitrogen and oxygen atoms in total. The minimum absolute atomic E-state index is 0.486. The molecule has 0 radical (unpaired) electrons. The van der Waals surface area contributed by atoms with E-state index < -0.39 is 0 Å². The Labute approximate surface area is 121 Å². The number of benzene rings is 1. The lowest BCUT2D eigenvalue weighted by atomic mass is 9.75. The Morgan fingerprint density at radius 3 is 2.47 bits per heavy atom. The van der Waals surface area contributed by atoms with Gasteiger partial charge in [0.25, 0.3) is 0 Å². The van der Waals surface area contributed by atoms with Crippen LogP contribution >= 0.6 is 11.6 Å². The molecule has 1 fully saturated rings. The molecule has 0 aliphatic heterocycles. The number of nitrogens with zero attached hydrogens (tertiary/aromatic N) is 2. The molecule has 2 rings (SSSR count). The van der Waals surface area contributed by atoms with E-state index in [2.05, 4.69) is 31.9 Å². The van der Waals surface area contributed by atoms with Crippen LogP contribution < -0.4 is 4.90 Å². The Balaban J connectivity index is 2.10. The first-order valence-electron chi connectivity index (χ1n) is 6.85. The molecular weight excluding hydrogens is 256 g/mol. The van der Waals surface area contributed by atoms with E-state index in [0.717, 1.165) is 5.69 Å². The lowest BCUT2D eigenvalue weighted by molar-refractivity contribution is 0.222. The van der Waals surface area contributed by atoms with Gasteiger partial charge in [-0.2, -0.15) is 5.26 Å². The average molecular weight is 277 g/mol. The number of anilines is 1. The van der Waals surface area contributed by atoms with E-state index in [1.807, 2.05) is 12.1 Å². The van der Waals surface area contributed by atoms with Crippen molar-refractivity contribution in [2.45, 2.75) is 45.6 Å². The number of nitriles is 1. The molecule has 1 aliphatic rings. The predicted octanol–water partition coefficient (Wildman–Crippen LogP) is 4.62. The van der Waals surface area contributed by atoms with E-state index in [1.165, 1.54) is 25.7 Å². The average Bonchev–Trinajstić information content (AvgIpc) is 2.38. The van der Waals surface area contributed by atoms with E-state index in [9.17, 15) is 0 Å². The highest BCUT2D eigenvalue weighted by atomic mass is 35.5. The Kier molecular flexibility index (Phi) is 4.06. The highest BCUT2D eigenvalue weighted by Gasteiger charge is 2.29. The Morgan fingerprint density at radius 1 is 1.32 bits per heavy atom. The van der Waals surface area contributed by atoms with Crippen LogP contribution in [0.4, 0.5) is 5.69 Å². The first-order chi connectivity index (χ1) is 8.93. The molecule has 0 saturated heterocycles. The summed E-state index contributed by atoms with van der Waals surface area (Å²) in [4.78, 5) is 2.31. The molecule has 0 amide bonds. The largest absolute Gasteiger partial charge is 0.372 e. The van der Waals surface area contributed by atoms with Crippen molar-refractivity contribution in [1.29, 1.82) is 5.26 Å². The third-order valence-corrected chi connectivity index (χ3v) is 4.65. The summed E-state index contributed by atoms with van der Waals surface area (Å²) in [6.07, 6.45) is 4.99. The summed E-state index contributed by atoms with van der Waals surface area (Å²) >= 11 is 6.11. The molecule has 0 unspecified atom stereocenters. The second-order valence-electron chi connectivity index (χ2n) is 6.28. The van der Waals surface area contributed by atoms with Crippen molar-refractivity contribution in [3.63, 3.8) is 0 Å². The molecule has 0 aromatic heterocycles. The summed E-state index contributed by atoms with van der Waals surface area (Å²) in [6.45, 7) is 4.70. The van der Waals surface area contributed by atoms with Crippen molar-refractivity contribution in [3.8, 4) is 6.07 Å². The monoisotopic (exact) mass is 276 g/mol. The maximum Gasteiger partial charge on any atom is 0.101 e. The lowest BCUT2D eigenvalue weighted by Crippen LogP contribution is -2.37. The van der Waals surface area contributed by atoms with Crippen LogP contribution in [0, 0.1) is 16.7 Å². The van der Waals surface area contributed by atoms with Gasteiger partial charge in [-0.3, -0.25) is 0 Å². The van der Waals surface area contributed by atoms with Gasteiger partial charge < -0.3 is 4.90 Å². The first kappa shape index (κ1) is 14.2. The molecule has 0 atom stereocenters. The van der Waals surface area contributed by atoms with Gasteiger partial charge in [-0.25, -0.2) is 0 Å². The van der Waals surface area contributed by atoms with Crippen LogP contribution in [-0.2, 0) is 0 Å². The smallest absolute Gasteiger partial charge is 0.101 e. The summed E-state index contributed by atoms with van der Waals surface area (Å²) < 4.78 is 0. The minimum Gasteiger partial charge on any atom is -0.372 e. The quantitative estimate of drug-likeness (QED) is 0.788. The zero-order valence-electron chi connectivity index (χ0n) is 11.9. The standard InChI is InChI=1S/C16H21ClN2/c1-16(2)8-6-13(7-9-16)19(3)14-5-4-12(11-18)15(17)10-14/h4-5,10,13H,6-9H2,1-3H3. The summed E-state index contributed by atoms with van der Waals surface area (Å²) in [5, 5.41) is 9.45. The highest BCUT2D eigenvalue weighted by molar-refractivity contribution is 6.32. The van der Waals surface area contributed by atoms with Crippen LogP contribution in [0.1, 0.15) is 45.1 Å². The van der Waals surface area contributed by atoms with E-state index in [4.69, 9.17) is 16.9 Å². The van der Waals surface area contributed by atoms with Gasteiger partial charge in [0.05, 0.1) is 10.6 Å². The normalized spacial score (nSPS) is 18.9. The fraction of sp³-hybridized carbons (Fsp3) is 0.562. The highest BCUT2D eigenvalue weighted by Crippen LogP contribution is 2.38. The number of halogens is 1. The van der Waals surface area contributed by atoms with Gasteiger partial charge in [-0.1, -0.05) is 25.4 Å². The minimum atomic E-state index is 0.486. The van der Waals surface area contributed by atoms with Crippen LogP contribution in [0.3, 0.4) is 0 Å². The fourth-order valence-electron chi connectivity index (χ4n) is 2.80. The van der Waals surface area contributed by atoms with Gasteiger partial charge >= 0.3 is 0 Å². The van der Waals surface area contributed by atoms with Crippen molar-refractivity contribution in [3.05, 3.63) is 28.8 Å². The zero-order chi connectivity index (χ0) is 14.0. The molecular formula is C16H21ClN2. The maximum absolute atomic E-state index is 8.91. The fourth-order valence-corrected chi connectivity index (χ4v) is 3.01. The molecule has 1 aliphatic carbocycles. The number of hydrogen-bond acceptors (Lipinski definition) is 2. The molecule has 3 heteroatoms. The van der Waals surface area contributed by atoms with E-state index in [1.54, 1.807) is 6.07 Å². The molecule has 1 aromatic carbocycles. The van der Waals surface area contributed by atoms with E-state index in [-0.39, 0.29) is 0 Å². The van der Waals surface area contributed by atoms with Crippen LogP contribution in [0.15, 0.2) is 18.2 Å². The summed E-state index contributed by atoms with van der Waals surface area (Å²) in [5.41, 5.74) is 2.14. The number of hydrogen-bond donors (Lipinski definition) is 0. The van der Waals surface area contributed by atoms with Gasteiger partial charge in [-0.15, -0.1) is 0 Å². The second-order valence-corrected chi connectivity index (χ2v) is 6.69. The summed E-state index contributed by atoms with van der Waals surface area (Å²) in [5.74, 6) is 0. The van der Waals surface area contributed by atoms with Crippen molar-refractivity contribution in [2.75, 3.05) is 11.9 Å². The summed E-state index contributed by atoms with van der Waals surface area (Å²) in [6, 6.07) is 8.38. The van der Waals surface area contributed by atoms with Crippen molar-refractivity contribution in [2.24, 2.45) is 5.41 Å². The molecule has 0 N–H and O–H groups in total. The van der Waals surface area contributed by atoms with Gasteiger partial charge in [0.15, 0.2) is 0 Å². The van der Waals surface area contributed by atoms with Crippen molar-refractivity contribution >= 4 is 17.3 Å². The zero-order valence-corrected chi connectivity index (χ0v) is 12.7. The third-order valence-electron chi connectivity index (χ3n) is 4.34. The predicted molar refractivity (Wildman–Crippen MR) is 80.6 cm³/mol. The molecule has 19 heavy (non-hydrogen) atoms. The van der Waals surface area contributed by atoms with Crippen molar-refractivity contribution in [1.82, 2.24) is 0 Å². The summed E-state index contributed by atoms with van der Waals surface area (Å²) in [7, 11) is 2.13. The van der Waals surface area contributed by atoms with E-state index >= 15 is 0 Å². The van der Waals surface area contributed by atoms with Gasteiger partial charge in [0.2, 0.25) is 0 Å².